The Morgan fingerprint density at radius 3 is 2.26 bits per heavy atom. The Hall–Kier alpha value is -4.42. The zero-order valence-electron chi connectivity index (χ0n) is 23.5. The monoisotopic (exact) mass is 610 g/mol. The topological polar surface area (TPSA) is 98.3 Å². The van der Waals surface area contributed by atoms with Gasteiger partial charge < -0.3 is 20.9 Å². The van der Waals surface area contributed by atoms with Crippen LogP contribution in [0.3, 0.4) is 0 Å². The minimum Gasteiger partial charge on any atom is -0.338 e. The molecule has 1 aromatic heterocycles. The standard InChI is InChI=1S/C30H30ClF3N8O/c1-19-8-9-23(38-29(43)37-22-10-11-25(31)24(16-22)30(32,33)34)17-26(19)39-27-35-20(2)36-28(40-27)42-14-12-41(13-15-42)18-21-6-4-3-5-7-21/h3-11,16-17H,12-15,18H2,1-2H3,(H2,37,38,43)(H,35,36,39,40). The summed E-state index contributed by atoms with van der Waals surface area (Å²) in [6.45, 7) is 7.91. The first-order chi connectivity index (χ1) is 20.5. The fraction of sp³-hybridized carbons (Fsp3) is 0.267. The molecule has 1 aliphatic rings. The summed E-state index contributed by atoms with van der Waals surface area (Å²) in [5.74, 6) is 1.51. The van der Waals surface area contributed by atoms with Crippen LogP contribution in [-0.2, 0) is 12.7 Å². The van der Waals surface area contributed by atoms with E-state index < -0.39 is 22.8 Å². The Kier molecular flexibility index (Phi) is 8.97. The van der Waals surface area contributed by atoms with Crippen LogP contribution >= 0.6 is 11.6 Å². The third-order valence-corrected chi connectivity index (χ3v) is 7.24. The van der Waals surface area contributed by atoms with Crippen LogP contribution in [0, 0.1) is 13.8 Å². The number of urea groups is 1. The van der Waals surface area contributed by atoms with E-state index in [2.05, 4.69) is 52.8 Å². The second kappa shape index (κ2) is 12.8. The van der Waals surface area contributed by atoms with Crippen molar-refractivity contribution in [1.29, 1.82) is 0 Å². The number of nitrogens with zero attached hydrogens (tertiary/aromatic N) is 5. The Morgan fingerprint density at radius 1 is 0.884 bits per heavy atom. The van der Waals surface area contributed by atoms with Crippen LogP contribution in [0.1, 0.15) is 22.5 Å². The molecule has 0 saturated carbocycles. The Bertz CT molecular complexity index is 1590. The third kappa shape index (κ3) is 7.90. The van der Waals surface area contributed by atoms with Gasteiger partial charge in [-0.3, -0.25) is 4.90 Å². The molecule has 13 heteroatoms. The first-order valence-corrected chi connectivity index (χ1v) is 14.0. The molecule has 0 atom stereocenters. The molecule has 1 saturated heterocycles. The van der Waals surface area contributed by atoms with Crippen LogP contribution in [0.25, 0.3) is 0 Å². The minimum atomic E-state index is -4.65. The molecular formula is C30H30ClF3N8O. The summed E-state index contributed by atoms with van der Waals surface area (Å²) in [5, 5.41) is 7.82. The summed E-state index contributed by atoms with van der Waals surface area (Å²) < 4.78 is 39.5. The summed E-state index contributed by atoms with van der Waals surface area (Å²) in [4.78, 5) is 30.8. The number of piperazine rings is 1. The van der Waals surface area contributed by atoms with E-state index in [9.17, 15) is 18.0 Å². The van der Waals surface area contributed by atoms with Gasteiger partial charge in [0.1, 0.15) is 5.82 Å². The molecule has 3 N–H and O–H groups in total. The Balaban J connectivity index is 1.23. The number of aromatic nitrogens is 3. The molecule has 0 bridgehead atoms. The van der Waals surface area contributed by atoms with E-state index in [4.69, 9.17) is 11.6 Å². The maximum atomic E-state index is 13.2. The number of carbonyl (C=O) groups is 1. The number of halogens is 4. The number of benzene rings is 3. The summed E-state index contributed by atoms with van der Waals surface area (Å²) in [7, 11) is 0. The lowest BCUT2D eigenvalue weighted by atomic mass is 10.2. The minimum absolute atomic E-state index is 0.0474. The second-order valence-corrected chi connectivity index (χ2v) is 10.6. The van der Waals surface area contributed by atoms with Crippen LogP contribution in [0.4, 0.5) is 46.9 Å². The quantitative estimate of drug-likeness (QED) is 0.210. The molecular weight excluding hydrogens is 581 g/mol. The van der Waals surface area contributed by atoms with Gasteiger partial charge in [-0.05, 0) is 55.3 Å². The van der Waals surface area contributed by atoms with Crippen molar-refractivity contribution >= 4 is 46.6 Å². The van der Waals surface area contributed by atoms with E-state index in [1.54, 1.807) is 25.1 Å². The highest BCUT2D eigenvalue weighted by atomic mass is 35.5. The predicted molar refractivity (Wildman–Crippen MR) is 162 cm³/mol. The molecule has 4 aromatic rings. The van der Waals surface area contributed by atoms with Gasteiger partial charge >= 0.3 is 12.2 Å². The lowest BCUT2D eigenvalue weighted by Crippen LogP contribution is -2.46. The van der Waals surface area contributed by atoms with E-state index in [0.717, 1.165) is 50.4 Å². The number of aryl methyl sites for hydroxylation is 2. The molecule has 9 nitrogen and oxygen atoms in total. The average Bonchev–Trinajstić information content (AvgIpc) is 2.96. The maximum absolute atomic E-state index is 13.2. The van der Waals surface area contributed by atoms with Crippen molar-refractivity contribution in [3.8, 4) is 0 Å². The van der Waals surface area contributed by atoms with E-state index in [1.165, 1.54) is 11.6 Å². The summed E-state index contributed by atoms with van der Waals surface area (Å²) in [6, 6.07) is 18.0. The zero-order chi connectivity index (χ0) is 30.6. The Morgan fingerprint density at radius 2 is 1.56 bits per heavy atom. The van der Waals surface area contributed by atoms with Gasteiger partial charge in [-0.2, -0.15) is 28.1 Å². The SMILES string of the molecule is Cc1nc(Nc2cc(NC(=O)Nc3ccc(Cl)c(C(F)(F)F)c3)ccc2C)nc(N2CCN(Cc3ccccc3)CC2)n1. The largest absolute Gasteiger partial charge is 0.417 e. The molecule has 3 aromatic carbocycles. The third-order valence-electron chi connectivity index (χ3n) is 6.91. The van der Waals surface area contributed by atoms with Crippen molar-refractivity contribution in [1.82, 2.24) is 19.9 Å². The molecule has 5 rings (SSSR count). The molecule has 0 radical (unpaired) electrons. The summed E-state index contributed by atoms with van der Waals surface area (Å²) in [5.41, 5.74) is 2.13. The molecule has 2 amide bonds. The van der Waals surface area contributed by atoms with Gasteiger partial charge in [0.25, 0.3) is 0 Å². The molecule has 0 spiro atoms. The Labute approximate surface area is 252 Å². The van der Waals surface area contributed by atoms with Crippen molar-refractivity contribution < 1.29 is 18.0 Å². The lowest BCUT2D eigenvalue weighted by Gasteiger charge is -2.34. The number of alkyl halides is 3. The number of rotatable bonds is 7. The van der Waals surface area contributed by atoms with Gasteiger partial charge in [-0.25, -0.2) is 4.79 Å². The van der Waals surface area contributed by atoms with Crippen LogP contribution in [0.15, 0.2) is 66.7 Å². The van der Waals surface area contributed by atoms with Gasteiger partial charge in [0.2, 0.25) is 11.9 Å². The van der Waals surface area contributed by atoms with Crippen molar-refractivity contribution in [3.63, 3.8) is 0 Å². The highest BCUT2D eigenvalue weighted by molar-refractivity contribution is 6.31. The van der Waals surface area contributed by atoms with Crippen molar-refractivity contribution in [2.75, 3.05) is 47.0 Å². The molecule has 1 fully saturated rings. The number of nitrogens with one attached hydrogen (secondary N) is 3. The predicted octanol–water partition coefficient (Wildman–Crippen LogP) is 6.87. The summed E-state index contributed by atoms with van der Waals surface area (Å²) in [6.07, 6.45) is -4.65. The fourth-order valence-corrected chi connectivity index (χ4v) is 4.91. The first-order valence-electron chi connectivity index (χ1n) is 13.6. The number of hydrogen-bond donors (Lipinski definition) is 3. The summed E-state index contributed by atoms with van der Waals surface area (Å²) >= 11 is 5.67. The number of anilines is 5. The van der Waals surface area contributed by atoms with Gasteiger partial charge in [-0.1, -0.05) is 48.0 Å². The van der Waals surface area contributed by atoms with Crippen LogP contribution in [0.5, 0.6) is 0 Å². The second-order valence-electron chi connectivity index (χ2n) is 10.2. The molecule has 0 unspecified atom stereocenters. The van der Waals surface area contributed by atoms with Gasteiger partial charge in [0.05, 0.1) is 10.6 Å². The fourth-order valence-electron chi connectivity index (χ4n) is 4.68. The number of amides is 2. The molecule has 224 valence electrons. The van der Waals surface area contributed by atoms with Crippen molar-refractivity contribution in [3.05, 3.63) is 94.3 Å². The van der Waals surface area contributed by atoms with Gasteiger partial charge in [-0.15, -0.1) is 0 Å². The zero-order valence-corrected chi connectivity index (χ0v) is 24.3. The molecule has 43 heavy (non-hydrogen) atoms. The molecule has 1 aliphatic heterocycles. The lowest BCUT2D eigenvalue weighted by molar-refractivity contribution is -0.137. The van der Waals surface area contributed by atoms with E-state index in [-0.39, 0.29) is 5.69 Å². The van der Waals surface area contributed by atoms with Crippen molar-refractivity contribution in [2.45, 2.75) is 26.6 Å². The normalized spacial score (nSPS) is 14.0. The van der Waals surface area contributed by atoms with Crippen molar-refractivity contribution in [2.24, 2.45) is 0 Å². The molecule has 2 heterocycles. The van der Waals surface area contributed by atoms with Gasteiger partial charge in [0.15, 0.2) is 0 Å². The van der Waals surface area contributed by atoms with Gasteiger partial charge in [0, 0.05) is 49.8 Å². The smallest absolute Gasteiger partial charge is 0.338 e. The van der Waals surface area contributed by atoms with Crippen LogP contribution in [-0.4, -0.2) is 52.1 Å². The average molecular weight is 611 g/mol. The maximum Gasteiger partial charge on any atom is 0.417 e. The van der Waals surface area contributed by atoms with Crippen LogP contribution in [0.2, 0.25) is 5.02 Å². The number of carbonyl (C=O) groups excluding carboxylic acids is 1. The highest BCUT2D eigenvalue weighted by Crippen LogP contribution is 2.36. The van der Waals surface area contributed by atoms with E-state index >= 15 is 0 Å². The van der Waals surface area contributed by atoms with E-state index in [1.807, 2.05) is 25.1 Å². The van der Waals surface area contributed by atoms with Crippen LogP contribution < -0.4 is 20.9 Å². The first kappa shape index (κ1) is 30.1. The van der Waals surface area contributed by atoms with E-state index in [0.29, 0.717) is 29.1 Å². The number of hydrogen-bond acceptors (Lipinski definition) is 7. The highest BCUT2D eigenvalue weighted by Gasteiger charge is 2.33. The molecule has 0 aliphatic carbocycles.